The second-order valence-electron chi connectivity index (χ2n) is 11.0. The van der Waals surface area contributed by atoms with Crippen LogP contribution in [-0.4, -0.2) is 26.4 Å². The first-order chi connectivity index (χ1) is 12.0. The molecule has 0 fully saturated rings. The van der Waals surface area contributed by atoms with Crippen molar-refractivity contribution >= 4 is 0 Å². The van der Waals surface area contributed by atoms with Crippen LogP contribution in [0.4, 0.5) is 0 Å². The van der Waals surface area contributed by atoms with Crippen LogP contribution in [0.15, 0.2) is 0 Å². The van der Waals surface area contributed by atoms with Crippen molar-refractivity contribution in [2.45, 2.75) is 107 Å². The van der Waals surface area contributed by atoms with E-state index in [4.69, 9.17) is 9.47 Å². The molecule has 0 aromatic rings. The molecule has 0 amide bonds. The highest BCUT2D eigenvalue weighted by molar-refractivity contribution is 4.67. The van der Waals surface area contributed by atoms with Gasteiger partial charge in [0.05, 0.1) is 0 Å². The molecule has 0 spiro atoms. The molecular formula is C24H50O2. The van der Waals surface area contributed by atoms with Crippen molar-refractivity contribution in [3.8, 4) is 0 Å². The fourth-order valence-corrected chi connectivity index (χ4v) is 3.83. The van der Waals surface area contributed by atoms with Gasteiger partial charge in [0, 0.05) is 26.4 Å². The van der Waals surface area contributed by atoms with E-state index in [1.165, 1.54) is 51.4 Å². The Balaban J connectivity index is 3.30. The van der Waals surface area contributed by atoms with Crippen LogP contribution in [0.2, 0.25) is 0 Å². The minimum absolute atomic E-state index is 0.437. The molecule has 0 heterocycles. The molecule has 0 rings (SSSR count). The topological polar surface area (TPSA) is 18.5 Å². The monoisotopic (exact) mass is 370 g/mol. The molecule has 0 aliphatic carbocycles. The molecule has 0 bridgehead atoms. The van der Waals surface area contributed by atoms with Crippen molar-refractivity contribution < 1.29 is 9.47 Å². The first kappa shape index (κ1) is 25.9. The highest BCUT2D eigenvalue weighted by Crippen LogP contribution is 2.26. The third kappa shape index (κ3) is 20.2. The molecule has 26 heavy (non-hydrogen) atoms. The second-order valence-corrected chi connectivity index (χ2v) is 11.0. The first-order valence-corrected chi connectivity index (χ1v) is 11.1. The maximum absolute atomic E-state index is 5.80. The molecule has 0 saturated heterocycles. The lowest BCUT2D eigenvalue weighted by Crippen LogP contribution is -2.13. The van der Waals surface area contributed by atoms with Crippen LogP contribution in [0.3, 0.4) is 0 Å². The van der Waals surface area contributed by atoms with E-state index in [2.05, 4.69) is 55.4 Å². The third-order valence-corrected chi connectivity index (χ3v) is 4.76. The average molecular weight is 371 g/mol. The lowest BCUT2D eigenvalue weighted by atomic mass is 9.84. The SMILES string of the molecule is CC(CCOCCCCCCOCCC(C)CC(C)(C)C)CC(C)(C)C. The summed E-state index contributed by atoms with van der Waals surface area (Å²) in [5.74, 6) is 1.52. The Hall–Kier alpha value is -0.0800. The Labute approximate surface area is 165 Å². The number of hydrogen-bond acceptors (Lipinski definition) is 2. The lowest BCUT2D eigenvalue weighted by Gasteiger charge is -2.23. The van der Waals surface area contributed by atoms with Crippen LogP contribution in [-0.2, 0) is 9.47 Å². The second kappa shape index (κ2) is 14.0. The summed E-state index contributed by atoms with van der Waals surface area (Å²) in [7, 11) is 0. The maximum atomic E-state index is 5.80. The Morgan fingerprint density at radius 1 is 0.538 bits per heavy atom. The molecule has 0 N–H and O–H groups in total. The molecule has 2 atom stereocenters. The molecule has 0 aliphatic heterocycles. The summed E-state index contributed by atoms with van der Waals surface area (Å²) in [6.07, 6.45) is 9.86. The van der Waals surface area contributed by atoms with Crippen LogP contribution in [0.5, 0.6) is 0 Å². The summed E-state index contributed by atoms with van der Waals surface area (Å²) in [5.41, 5.74) is 0.873. The summed E-state index contributed by atoms with van der Waals surface area (Å²) in [6.45, 7) is 22.3. The van der Waals surface area contributed by atoms with Crippen LogP contribution >= 0.6 is 0 Å². The molecule has 0 aromatic carbocycles. The molecule has 0 aromatic heterocycles. The number of unbranched alkanes of at least 4 members (excludes halogenated alkanes) is 3. The Morgan fingerprint density at radius 2 is 0.885 bits per heavy atom. The minimum Gasteiger partial charge on any atom is -0.381 e. The van der Waals surface area contributed by atoms with Gasteiger partial charge in [-0.25, -0.2) is 0 Å². The van der Waals surface area contributed by atoms with Crippen molar-refractivity contribution in [3.63, 3.8) is 0 Å². The summed E-state index contributed by atoms with van der Waals surface area (Å²) in [4.78, 5) is 0. The van der Waals surface area contributed by atoms with Gasteiger partial charge in [-0.1, -0.05) is 68.2 Å². The van der Waals surface area contributed by atoms with Crippen molar-refractivity contribution in [1.82, 2.24) is 0 Å². The van der Waals surface area contributed by atoms with E-state index in [0.29, 0.717) is 10.8 Å². The van der Waals surface area contributed by atoms with Gasteiger partial charge in [0.15, 0.2) is 0 Å². The molecule has 0 saturated carbocycles. The van der Waals surface area contributed by atoms with Crippen molar-refractivity contribution in [2.75, 3.05) is 26.4 Å². The maximum Gasteiger partial charge on any atom is 0.0468 e. The highest BCUT2D eigenvalue weighted by Gasteiger charge is 2.15. The Bertz CT molecular complexity index is 279. The zero-order valence-electron chi connectivity index (χ0n) is 19.5. The van der Waals surface area contributed by atoms with Gasteiger partial charge in [-0.3, -0.25) is 0 Å². The number of ether oxygens (including phenoxy) is 2. The van der Waals surface area contributed by atoms with E-state index in [1.54, 1.807) is 0 Å². The van der Waals surface area contributed by atoms with Gasteiger partial charge >= 0.3 is 0 Å². The van der Waals surface area contributed by atoms with E-state index in [-0.39, 0.29) is 0 Å². The summed E-state index contributed by atoms with van der Waals surface area (Å²) in [5, 5.41) is 0. The smallest absolute Gasteiger partial charge is 0.0468 e. The molecule has 2 nitrogen and oxygen atoms in total. The molecule has 158 valence electrons. The fraction of sp³-hybridized carbons (Fsp3) is 1.00. The van der Waals surface area contributed by atoms with Crippen LogP contribution < -0.4 is 0 Å². The van der Waals surface area contributed by atoms with E-state index in [1.807, 2.05) is 0 Å². The first-order valence-electron chi connectivity index (χ1n) is 11.1. The van der Waals surface area contributed by atoms with Gasteiger partial charge in [-0.05, 0) is 61.2 Å². The number of hydrogen-bond donors (Lipinski definition) is 0. The highest BCUT2D eigenvalue weighted by atomic mass is 16.5. The zero-order valence-corrected chi connectivity index (χ0v) is 19.5. The van der Waals surface area contributed by atoms with Crippen molar-refractivity contribution in [1.29, 1.82) is 0 Å². The minimum atomic E-state index is 0.437. The van der Waals surface area contributed by atoms with Crippen molar-refractivity contribution in [3.05, 3.63) is 0 Å². The quantitative estimate of drug-likeness (QED) is 0.278. The van der Waals surface area contributed by atoms with Crippen LogP contribution in [0.25, 0.3) is 0 Å². The molecule has 2 heteroatoms. The molecular weight excluding hydrogens is 320 g/mol. The summed E-state index contributed by atoms with van der Waals surface area (Å²) in [6, 6.07) is 0. The van der Waals surface area contributed by atoms with Gasteiger partial charge < -0.3 is 9.47 Å². The zero-order chi connectivity index (χ0) is 20.1. The van der Waals surface area contributed by atoms with Crippen LogP contribution in [0, 0.1) is 22.7 Å². The summed E-state index contributed by atoms with van der Waals surface area (Å²) < 4.78 is 11.6. The van der Waals surface area contributed by atoms with E-state index in [0.717, 1.165) is 38.3 Å². The lowest BCUT2D eigenvalue weighted by molar-refractivity contribution is 0.104. The van der Waals surface area contributed by atoms with E-state index < -0.39 is 0 Å². The van der Waals surface area contributed by atoms with Gasteiger partial charge in [0.2, 0.25) is 0 Å². The van der Waals surface area contributed by atoms with Gasteiger partial charge in [0.25, 0.3) is 0 Å². The standard InChI is InChI=1S/C24H50O2/c1-21(19-23(3,4)5)13-17-25-15-11-9-10-12-16-26-18-14-22(2)20-24(6,7)8/h21-22H,9-20H2,1-8H3. The Morgan fingerprint density at radius 3 is 1.19 bits per heavy atom. The normalized spacial score (nSPS) is 15.2. The van der Waals surface area contributed by atoms with Crippen LogP contribution in [0.1, 0.15) is 107 Å². The molecule has 0 aliphatic rings. The van der Waals surface area contributed by atoms with E-state index in [9.17, 15) is 0 Å². The molecule has 2 unspecified atom stereocenters. The summed E-state index contributed by atoms with van der Waals surface area (Å²) >= 11 is 0. The third-order valence-electron chi connectivity index (χ3n) is 4.76. The predicted molar refractivity (Wildman–Crippen MR) is 116 cm³/mol. The van der Waals surface area contributed by atoms with Gasteiger partial charge in [-0.15, -0.1) is 0 Å². The average Bonchev–Trinajstić information content (AvgIpc) is 2.44. The predicted octanol–water partition coefficient (Wildman–Crippen LogP) is 7.50. The largest absolute Gasteiger partial charge is 0.381 e. The van der Waals surface area contributed by atoms with Gasteiger partial charge in [0.1, 0.15) is 0 Å². The van der Waals surface area contributed by atoms with E-state index >= 15 is 0 Å². The van der Waals surface area contributed by atoms with Gasteiger partial charge in [-0.2, -0.15) is 0 Å². The van der Waals surface area contributed by atoms with Crippen molar-refractivity contribution in [2.24, 2.45) is 22.7 Å². The Kier molecular flexibility index (Phi) is 14.0. The molecule has 0 radical (unpaired) electrons. The fourth-order valence-electron chi connectivity index (χ4n) is 3.83. The number of rotatable bonds is 15.